The first-order chi connectivity index (χ1) is 16.4. The van der Waals surface area contributed by atoms with Crippen LogP contribution in [0.5, 0.6) is 0 Å². The Morgan fingerprint density at radius 3 is 2.47 bits per heavy atom. The van der Waals surface area contributed by atoms with E-state index in [4.69, 9.17) is 21.6 Å². The number of pyridine rings is 1. The van der Waals surface area contributed by atoms with E-state index in [1.807, 2.05) is 43.3 Å². The smallest absolute Gasteiger partial charge is 0.0900 e. The van der Waals surface area contributed by atoms with Crippen molar-refractivity contribution in [3.05, 3.63) is 94.6 Å². The maximum atomic E-state index is 6.20. The summed E-state index contributed by atoms with van der Waals surface area (Å²) in [5.41, 5.74) is 8.78. The Balaban J connectivity index is 1.85. The molecule has 3 aromatic rings. The molecule has 2 aliphatic rings. The molecule has 0 saturated heterocycles. The molecule has 0 radical (unpaired) electrons. The summed E-state index contributed by atoms with van der Waals surface area (Å²) in [7, 11) is 0. The topological polar surface area (TPSA) is 55.1 Å². The van der Waals surface area contributed by atoms with E-state index in [1.54, 1.807) is 6.20 Å². The van der Waals surface area contributed by atoms with Gasteiger partial charge in [-0.25, -0.2) is 4.98 Å². The van der Waals surface area contributed by atoms with Crippen molar-refractivity contribution >= 4 is 34.0 Å². The molecule has 34 heavy (non-hydrogen) atoms. The normalized spacial score (nSPS) is 12.1. The monoisotopic (exact) mass is 467 g/mol. The Labute approximate surface area is 204 Å². The molecule has 2 heterocycles. The fourth-order valence-corrected chi connectivity index (χ4v) is 4.24. The van der Waals surface area contributed by atoms with Gasteiger partial charge in [0.15, 0.2) is 0 Å². The number of aryl methyl sites for hydroxylation is 2. The lowest BCUT2D eigenvalue weighted by Crippen LogP contribution is -2.17. The van der Waals surface area contributed by atoms with Gasteiger partial charge in [0.25, 0.3) is 0 Å². The van der Waals surface area contributed by atoms with Gasteiger partial charge in [0.2, 0.25) is 0 Å². The summed E-state index contributed by atoms with van der Waals surface area (Å²) in [6.45, 7) is 8.25. The highest BCUT2D eigenvalue weighted by molar-refractivity contribution is 6.30. The molecule has 5 nitrogen and oxygen atoms in total. The number of rotatable bonds is 4. The van der Waals surface area contributed by atoms with Crippen LogP contribution in [0.15, 0.2) is 77.9 Å². The number of hydrogen-bond donors (Lipinski definition) is 1. The number of fused-ring (bicyclic) bond motifs is 2. The van der Waals surface area contributed by atoms with Gasteiger partial charge < -0.3 is 9.88 Å². The van der Waals surface area contributed by atoms with Crippen LogP contribution in [0.25, 0.3) is 28.1 Å². The van der Waals surface area contributed by atoms with Crippen molar-refractivity contribution in [2.24, 2.45) is 4.99 Å². The van der Waals surface area contributed by atoms with E-state index in [2.05, 4.69) is 66.0 Å². The largest absolute Gasteiger partial charge is 0.352 e. The predicted octanol–water partition coefficient (Wildman–Crippen LogP) is 6.85. The fourth-order valence-electron chi connectivity index (χ4n) is 4.12. The van der Waals surface area contributed by atoms with Gasteiger partial charge in [-0.15, -0.1) is 0 Å². The minimum atomic E-state index is 0.132. The minimum Gasteiger partial charge on any atom is -0.352 e. The first-order valence-electron chi connectivity index (χ1n) is 11.3. The van der Waals surface area contributed by atoms with Crippen LogP contribution in [-0.2, 0) is 0 Å². The average Bonchev–Trinajstić information content (AvgIpc) is 2.80. The number of nitrogens with zero attached hydrogens (tertiary/aromatic N) is 4. The maximum absolute atomic E-state index is 6.20. The molecular weight excluding hydrogens is 442 g/mol. The summed E-state index contributed by atoms with van der Waals surface area (Å²) in [5, 5.41) is 5.12. The highest BCUT2D eigenvalue weighted by atomic mass is 35.5. The molecule has 2 aromatic carbocycles. The van der Waals surface area contributed by atoms with Gasteiger partial charge in [0, 0.05) is 22.9 Å². The molecule has 0 atom stereocenters. The lowest BCUT2D eigenvalue weighted by molar-refractivity contribution is 0.806. The molecule has 6 heteroatoms. The molecule has 0 spiro atoms. The van der Waals surface area contributed by atoms with E-state index in [0.717, 1.165) is 50.5 Å². The number of halogens is 1. The summed E-state index contributed by atoms with van der Waals surface area (Å²) >= 11 is 6.20. The summed E-state index contributed by atoms with van der Waals surface area (Å²) in [6, 6.07) is 22.5. The van der Waals surface area contributed by atoms with Crippen molar-refractivity contribution in [3.63, 3.8) is 0 Å². The van der Waals surface area contributed by atoms with Crippen LogP contribution in [0.3, 0.4) is 0 Å². The van der Waals surface area contributed by atoms with Crippen LogP contribution < -0.4 is 10.7 Å². The second-order valence-electron chi connectivity index (χ2n) is 8.76. The van der Waals surface area contributed by atoms with Gasteiger partial charge in [0.05, 0.1) is 44.8 Å². The zero-order chi connectivity index (χ0) is 23.8. The van der Waals surface area contributed by atoms with Gasteiger partial charge in [-0.1, -0.05) is 17.7 Å². The third-order valence-corrected chi connectivity index (χ3v) is 5.96. The SMILES string of the molecule is Cc1ccc2nc3cc(Nc4cccnc4C)c(=NC(C)C)cc-3n(-c3ccc(Cl)cc3)c2c1. The first kappa shape index (κ1) is 22.1. The summed E-state index contributed by atoms with van der Waals surface area (Å²) in [5.74, 6) is 0. The Morgan fingerprint density at radius 2 is 1.74 bits per heavy atom. The van der Waals surface area contributed by atoms with Crippen LogP contribution in [0.1, 0.15) is 25.1 Å². The Bertz CT molecular complexity index is 1530. The third kappa shape index (κ3) is 4.27. The van der Waals surface area contributed by atoms with Crippen molar-refractivity contribution in [2.75, 3.05) is 5.32 Å². The van der Waals surface area contributed by atoms with Crippen molar-refractivity contribution in [1.82, 2.24) is 14.5 Å². The van der Waals surface area contributed by atoms with E-state index < -0.39 is 0 Å². The molecule has 0 fully saturated rings. The number of anilines is 2. The molecule has 0 saturated carbocycles. The first-order valence-corrected chi connectivity index (χ1v) is 11.7. The fraction of sp³-hybridized carbons (Fsp3) is 0.179. The van der Waals surface area contributed by atoms with Gasteiger partial charge >= 0.3 is 0 Å². The zero-order valence-electron chi connectivity index (χ0n) is 19.7. The van der Waals surface area contributed by atoms with Gasteiger partial charge in [-0.3, -0.25) is 9.98 Å². The summed E-state index contributed by atoms with van der Waals surface area (Å²) < 4.78 is 2.24. The number of hydrogen-bond acceptors (Lipinski definition) is 4. The van der Waals surface area contributed by atoms with Gasteiger partial charge in [0.1, 0.15) is 0 Å². The van der Waals surface area contributed by atoms with Crippen molar-refractivity contribution in [3.8, 4) is 17.1 Å². The van der Waals surface area contributed by atoms with Gasteiger partial charge in [-0.05, 0) is 93.9 Å². The summed E-state index contributed by atoms with van der Waals surface area (Å²) in [4.78, 5) is 14.4. The van der Waals surface area contributed by atoms with E-state index in [0.29, 0.717) is 5.02 Å². The van der Waals surface area contributed by atoms with Crippen molar-refractivity contribution < 1.29 is 0 Å². The quantitative estimate of drug-likeness (QED) is 0.294. The van der Waals surface area contributed by atoms with Crippen molar-refractivity contribution in [1.29, 1.82) is 0 Å². The minimum absolute atomic E-state index is 0.132. The Hall–Kier alpha value is -3.70. The van der Waals surface area contributed by atoms with E-state index in [1.165, 1.54) is 5.56 Å². The molecule has 5 rings (SSSR count). The van der Waals surface area contributed by atoms with E-state index >= 15 is 0 Å². The Kier molecular flexibility index (Phi) is 5.80. The second-order valence-corrected chi connectivity index (χ2v) is 9.19. The molecular formula is C28H26ClN5. The Morgan fingerprint density at radius 1 is 0.941 bits per heavy atom. The lowest BCUT2D eigenvalue weighted by Gasteiger charge is -2.21. The highest BCUT2D eigenvalue weighted by Crippen LogP contribution is 2.31. The van der Waals surface area contributed by atoms with Crippen LogP contribution in [0.2, 0.25) is 5.02 Å². The van der Waals surface area contributed by atoms with Gasteiger partial charge in [-0.2, -0.15) is 0 Å². The highest BCUT2D eigenvalue weighted by Gasteiger charge is 2.17. The van der Waals surface area contributed by atoms with Crippen LogP contribution in [0, 0.1) is 13.8 Å². The lowest BCUT2D eigenvalue weighted by atomic mass is 10.1. The zero-order valence-corrected chi connectivity index (χ0v) is 20.4. The van der Waals surface area contributed by atoms with E-state index in [9.17, 15) is 0 Å². The third-order valence-electron chi connectivity index (χ3n) is 5.70. The van der Waals surface area contributed by atoms with Crippen LogP contribution in [-0.4, -0.2) is 20.6 Å². The summed E-state index contributed by atoms with van der Waals surface area (Å²) in [6.07, 6.45) is 1.80. The second kappa shape index (κ2) is 8.92. The molecule has 0 amide bonds. The number of nitrogens with one attached hydrogen (secondary N) is 1. The molecule has 1 aliphatic heterocycles. The molecule has 0 bridgehead atoms. The predicted molar refractivity (Wildman–Crippen MR) is 140 cm³/mol. The molecule has 1 N–H and O–H groups in total. The molecule has 0 unspecified atom stereocenters. The molecule has 1 aromatic heterocycles. The van der Waals surface area contributed by atoms with Crippen molar-refractivity contribution in [2.45, 2.75) is 33.7 Å². The standard InChI is InChI=1S/C28H26ClN5/c1-17(2)31-25-16-28-26(15-24(25)32-22-6-5-13-30-19(22)4)33-23-12-7-18(3)14-27(23)34(28)21-10-8-20(29)9-11-21/h5-17,32H,1-4H3. The van der Waals surface area contributed by atoms with Crippen LogP contribution >= 0.6 is 11.6 Å². The molecule has 1 aliphatic carbocycles. The number of aromatic nitrogens is 3. The maximum Gasteiger partial charge on any atom is 0.0900 e. The van der Waals surface area contributed by atoms with E-state index in [-0.39, 0.29) is 6.04 Å². The average molecular weight is 468 g/mol. The number of benzene rings is 3. The molecule has 170 valence electrons. The van der Waals surface area contributed by atoms with Crippen LogP contribution in [0.4, 0.5) is 11.4 Å².